The van der Waals surface area contributed by atoms with Crippen LogP contribution in [-0.4, -0.2) is 46.0 Å². The molecule has 1 saturated heterocycles. The standard InChI is InChI=1S/C25H28ClN5O/c26-20-8-9-22-23(16-20)27-11-10-19-17-28-25(31(32)24(19)22)29-21-7-3-5-18(15-21)6-4-14-30-12-1-2-13-30/h3,5,7-9,15-17,27,32H,1-2,4,6,10-14H2. The van der Waals surface area contributed by atoms with Crippen molar-refractivity contribution < 1.29 is 5.21 Å². The van der Waals surface area contributed by atoms with Crippen molar-refractivity contribution in [2.45, 2.75) is 32.1 Å². The number of rotatable bonds is 5. The minimum atomic E-state index is 0.265. The molecule has 0 amide bonds. The van der Waals surface area contributed by atoms with Crippen LogP contribution in [0.4, 0.5) is 11.4 Å². The minimum Gasteiger partial charge on any atom is -0.425 e. The van der Waals surface area contributed by atoms with Gasteiger partial charge in [-0.15, -0.1) is 4.73 Å². The summed E-state index contributed by atoms with van der Waals surface area (Å²) >= 11 is 6.18. The van der Waals surface area contributed by atoms with Crippen molar-refractivity contribution in [1.82, 2.24) is 14.6 Å². The molecule has 1 fully saturated rings. The van der Waals surface area contributed by atoms with E-state index in [1.165, 1.54) is 31.5 Å². The van der Waals surface area contributed by atoms with Gasteiger partial charge in [0.2, 0.25) is 0 Å². The van der Waals surface area contributed by atoms with Crippen molar-refractivity contribution in [3.05, 3.63) is 70.4 Å². The second-order valence-electron chi connectivity index (χ2n) is 8.54. The van der Waals surface area contributed by atoms with Crippen molar-refractivity contribution in [1.29, 1.82) is 0 Å². The summed E-state index contributed by atoms with van der Waals surface area (Å²) in [6, 6.07) is 13.9. The molecule has 0 bridgehead atoms. The summed E-state index contributed by atoms with van der Waals surface area (Å²) in [6.07, 6.45) is 7.39. The number of aromatic nitrogens is 2. The van der Waals surface area contributed by atoms with Gasteiger partial charge in [0.1, 0.15) is 0 Å². The maximum atomic E-state index is 11.1. The largest absolute Gasteiger partial charge is 0.425 e. The minimum absolute atomic E-state index is 0.265. The van der Waals surface area contributed by atoms with Crippen molar-refractivity contribution in [2.75, 3.05) is 31.5 Å². The molecule has 3 aromatic rings. The van der Waals surface area contributed by atoms with E-state index in [1.807, 2.05) is 36.5 Å². The highest BCUT2D eigenvalue weighted by Crippen LogP contribution is 2.34. The Morgan fingerprint density at radius 1 is 1.12 bits per heavy atom. The zero-order valence-corrected chi connectivity index (χ0v) is 18.9. The summed E-state index contributed by atoms with van der Waals surface area (Å²) in [5.74, 6) is 0. The van der Waals surface area contributed by atoms with Crippen LogP contribution in [0.5, 0.6) is 0 Å². The molecule has 5 rings (SSSR count). The van der Waals surface area contributed by atoms with Crippen LogP contribution in [0, 0.1) is 0 Å². The fourth-order valence-corrected chi connectivity index (χ4v) is 4.82. The summed E-state index contributed by atoms with van der Waals surface area (Å²) in [7, 11) is 0. The molecule has 2 N–H and O–H groups in total. The monoisotopic (exact) mass is 449 g/mol. The lowest BCUT2D eigenvalue weighted by molar-refractivity contribution is 0.171. The number of nitrogens with one attached hydrogen (secondary N) is 1. The van der Waals surface area contributed by atoms with E-state index in [9.17, 15) is 5.21 Å². The number of anilines is 1. The normalized spacial score (nSPS) is 16.3. The fraction of sp³-hybridized carbons (Fsp3) is 0.360. The van der Waals surface area contributed by atoms with E-state index in [1.54, 1.807) is 0 Å². The van der Waals surface area contributed by atoms with Crippen LogP contribution in [0.3, 0.4) is 0 Å². The first-order valence-electron chi connectivity index (χ1n) is 11.4. The number of likely N-dealkylation sites (tertiary alicyclic amines) is 1. The van der Waals surface area contributed by atoms with Gasteiger partial charge in [0.15, 0.2) is 0 Å². The average molecular weight is 450 g/mol. The van der Waals surface area contributed by atoms with Crippen LogP contribution < -0.4 is 10.9 Å². The molecule has 166 valence electrons. The van der Waals surface area contributed by atoms with Crippen LogP contribution in [0.2, 0.25) is 5.02 Å². The number of aryl methyl sites for hydroxylation is 1. The lowest BCUT2D eigenvalue weighted by atomic mass is 10.1. The highest BCUT2D eigenvalue weighted by Gasteiger charge is 2.19. The molecule has 0 unspecified atom stereocenters. The molecule has 3 heterocycles. The van der Waals surface area contributed by atoms with Gasteiger partial charge in [-0.05, 0) is 87.6 Å². The molecule has 6 nitrogen and oxygen atoms in total. The summed E-state index contributed by atoms with van der Waals surface area (Å²) in [6.45, 7) is 4.38. The van der Waals surface area contributed by atoms with E-state index in [4.69, 9.17) is 11.6 Å². The van der Waals surface area contributed by atoms with Crippen molar-refractivity contribution in [3.63, 3.8) is 0 Å². The average Bonchev–Trinajstić information content (AvgIpc) is 3.23. The van der Waals surface area contributed by atoms with E-state index >= 15 is 0 Å². The zero-order valence-electron chi connectivity index (χ0n) is 18.1. The highest BCUT2D eigenvalue weighted by atomic mass is 35.5. The van der Waals surface area contributed by atoms with E-state index in [2.05, 4.69) is 32.3 Å². The summed E-state index contributed by atoms with van der Waals surface area (Å²) < 4.78 is 1.11. The molecule has 2 aliphatic rings. The third-order valence-electron chi connectivity index (χ3n) is 6.27. The Balaban J connectivity index is 1.43. The molecule has 7 heteroatoms. The molecular formula is C25H28ClN5O. The second kappa shape index (κ2) is 9.35. The fourth-order valence-electron chi connectivity index (χ4n) is 4.64. The molecule has 0 radical (unpaired) electrons. The second-order valence-corrected chi connectivity index (χ2v) is 8.98. The van der Waals surface area contributed by atoms with Gasteiger partial charge in [0.05, 0.1) is 11.4 Å². The molecule has 0 spiro atoms. The Morgan fingerprint density at radius 2 is 2.00 bits per heavy atom. The van der Waals surface area contributed by atoms with Crippen molar-refractivity contribution >= 4 is 23.0 Å². The predicted octanol–water partition coefficient (Wildman–Crippen LogP) is 4.67. The van der Waals surface area contributed by atoms with Crippen LogP contribution in [0.25, 0.3) is 11.3 Å². The Bertz CT molecular complexity index is 1180. The van der Waals surface area contributed by atoms with Crippen LogP contribution in [0.1, 0.15) is 30.4 Å². The number of benzene rings is 2. The van der Waals surface area contributed by atoms with Gasteiger partial charge in [-0.2, -0.15) is 0 Å². The molecule has 0 aliphatic carbocycles. The molecule has 0 atom stereocenters. The molecule has 2 aliphatic heterocycles. The Morgan fingerprint density at radius 3 is 2.88 bits per heavy atom. The lowest BCUT2D eigenvalue weighted by Crippen LogP contribution is -2.25. The van der Waals surface area contributed by atoms with Crippen LogP contribution in [-0.2, 0) is 12.8 Å². The van der Waals surface area contributed by atoms with Gasteiger partial charge in [0, 0.05) is 34.6 Å². The maximum absolute atomic E-state index is 11.1. The summed E-state index contributed by atoms with van der Waals surface area (Å²) in [4.78, 5) is 11.7. The van der Waals surface area contributed by atoms with Crippen LogP contribution in [0.15, 0.2) is 53.7 Å². The van der Waals surface area contributed by atoms with Gasteiger partial charge in [0.25, 0.3) is 5.62 Å². The number of halogens is 1. The first-order chi connectivity index (χ1) is 15.7. The van der Waals surface area contributed by atoms with Gasteiger partial charge < -0.3 is 15.4 Å². The van der Waals surface area contributed by atoms with Crippen LogP contribution >= 0.6 is 11.6 Å². The SMILES string of the molecule is On1c2c(cnc1=Nc1cccc(CCCN3CCCC3)c1)CCNc1cc(Cl)ccc1-2. The van der Waals surface area contributed by atoms with Gasteiger partial charge in [-0.3, -0.25) is 0 Å². The van der Waals surface area contributed by atoms with Gasteiger partial charge >= 0.3 is 0 Å². The van der Waals surface area contributed by atoms with E-state index < -0.39 is 0 Å². The van der Waals surface area contributed by atoms with Gasteiger partial charge in [-0.1, -0.05) is 23.7 Å². The number of fused-ring (bicyclic) bond motifs is 3. The van der Waals surface area contributed by atoms with Crippen molar-refractivity contribution in [2.24, 2.45) is 4.99 Å². The predicted molar refractivity (Wildman–Crippen MR) is 128 cm³/mol. The summed E-state index contributed by atoms with van der Waals surface area (Å²) in [5, 5.41) is 15.1. The third-order valence-corrected chi connectivity index (χ3v) is 6.50. The van der Waals surface area contributed by atoms with E-state index in [0.29, 0.717) is 10.7 Å². The van der Waals surface area contributed by atoms with Gasteiger partial charge in [-0.25, -0.2) is 9.98 Å². The summed E-state index contributed by atoms with van der Waals surface area (Å²) in [5.41, 5.74) is 5.78. The Hall–Kier alpha value is -2.83. The highest BCUT2D eigenvalue weighted by molar-refractivity contribution is 6.31. The number of hydrogen-bond acceptors (Lipinski definition) is 5. The molecule has 1 aromatic heterocycles. The van der Waals surface area contributed by atoms with E-state index in [-0.39, 0.29) is 5.62 Å². The maximum Gasteiger partial charge on any atom is 0.264 e. The molecule has 2 aromatic carbocycles. The Labute approximate surface area is 193 Å². The number of hydrogen-bond donors (Lipinski definition) is 2. The first kappa shape index (κ1) is 21.0. The van der Waals surface area contributed by atoms with E-state index in [0.717, 1.165) is 59.6 Å². The molecule has 0 saturated carbocycles. The lowest BCUT2D eigenvalue weighted by Gasteiger charge is -2.14. The van der Waals surface area contributed by atoms with Crippen molar-refractivity contribution in [3.8, 4) is 11.3 Å². The zero-order chi connectivity index (χ0) is 21.9. The number of nitrogens with zero attached hydrogens (tertiary/aromatic N) is 4. The topological polar surface area (TPSA) is 65.7 Å². The molecule has 32 heavy (non-hydrogen) atoms. The Kier molecular flexibility index (Phi) is 6.14. The first-order valence-corrected chi connectivity index (χ1v) is 11.8. The quantitative estimate of drug-likeness (QED) is 0.555. The smallest absolute Gasteiger partial charge is 0.264 e. The molecular weight excluding hydrogens is 422 g/mol. The third kappa shape index (κ3) is 4.52.